The van der Waals surface area contributed by atoms with Gasteiger partial charge in [0.25, 0.3) is 5.56 Å². The van der Waals surface area contributed by atoms with E-state index in [2.05, 4.69) is 9.72 Å². The summed E-state index contributed by atoms with van der Waals surface area (Å²) in [6.45, 7) is 0. The number of aromatic nitrogens is 2. The number of aromatic hydroxyl groups is 1. The molecule has 0 bridgehead atoms. The summed E-state index contributed by atoms with van der Waals surface area (Å²) in [6, 6.07) is 8.26. The number of hydrogen-bond acceptors (Lipinski definition) is 6. The van der Waals surface area contributed by atoms with E-state index in [0.29, 0.717) is 11.4 Å². The molecule has 0 saturated carbocycles. The van der Waals surface area contributed by atoms with Crippen LogP contribution in [0.3, 0.4) is 0 Å². The predicted octanol–water partition coefficient (Wildman–Crippen LogP) is 1.69. The topological polar surface area (TPSA) is 94.0 Å². The van der Waals surface area contributed by atoms with Crippen LogP contribution in [0.25, 0.3) is 5.65 Å². The van der Waals surface area contributed by atoms with E-state index in [4.69, 9.17) is 4.42 Å². The molecular weight excluding hydrogens is 300 g/mol. The Morgan fingerprint density at radius 1 is 1.39 bits per heavy atom. The molecule has 0 amide bonds. The number of pyridine rings is 1. The van der Waals surface area contributed by atoms with Gasteiger partial charge in [-0.25, -0.2) is 0 Å². The highest BCUT2D eigenvalue weighted by Crippen LogP contribution is 2.31. The summed E-state index contributed by atoms with van der Waals surface area (Å²) in [5.41, 5.74) is -0.150. The van der Waals surface area contributed by atoms with Gasteiger partial charge in [0, 0.05) is 6.20 Å². The van der Waals surface area contributed by atoms with Crippen molar-refractivity contribution in [1.29, 1.82) is 0 Å². The van der Waals surface area contributed by atoms with Gasteiger partial charge in [-0.1, -0.05) is 6.07 Å². The molecule has 3 heterocycles. The molecule has 7 heteroatoms. The lowest BCUT2D eigenvalue weighted by Crippen LogP contribution is -2.24. The average molecular weight is 314 g/mol. The summed E-state index contributed by atoms with van der Waals surface area (Å²) in [5.74, 6) is -1.36. The molecule has 1 N–H and O–H groups in total. The monoisotopic (exact) mass is 314 g/mol. The van der Waals surface area contributed by atoms with Crippen LogP contribution in [0, 0.1) is 0 Å². The van der Waals surface area contributed by atoms with E-state index in [1.807, 2.05) is 0 Å². The predicted molar refractivity (Wildman–Crippen MR) is 80.3 cm³/mol. The second-order valence-corrected chi connectivity index (χ2v) is 4.93. The molecule has 1 atom stereocenters. The van der Waals surface area contributed by atoms with Crippen LogP contribution in [0.1, 0.15) is 23.7 Å². The van der Waals surface area contributed by atoms with Crippen LogP contribution in [0.5, 0.6) is 5.88 Å². The third-order valence-corrected chi connectivity index (χ3v) is 3.58. The van der Waals surface area contributed by atoms with Crippen molar-refractivity contribution in [2.24, 2.45) is 0 Å². The van der Waals surface area contributed by atoms with Crippen LogP contribution in [0.15, 0.2) is 52.0 Å². The molecule has 118 valence electrons. The van der Waals surface area contributed by atoms with Crippen LogP contribution in [-0.4, -0.2) is 27.6 Å². The Hall–Kier alpha value is -3.09. The Labute approximate surface area is 130 Å². The molecule has 3 aromatic heterocycles. The van der Waals surface area contributed by atoms with E-state index < -0.39 is 23.3 Å². The van der Waals surface area contributed by atoms with E-state index in [-0.39, 0.29) is 12.0 Å². The highest BCUT2D eigenvalue weighted by Gasteiger charge is 2.28. The smallest absolute Gasteiger partial charge is 0.306 e. The van der Waals surface area contributed by atoms with E-state index in [0.717, 1.165) is 0 Å². The molecular formula is C16H14N2O5. The molecule has 0 spiro atoms. The van der Waals surface area contributed by atoms with E-state index in [9.17, 15) is 14.7 Å². The van der Waals surface area contributed by atoms with Gasteiger partial charge >= 0.3 is 5.97 Å². The lowest BCUT2D eigenvalue weighted by atomic mass is 9.94. The fourth-order valence-electron chi connectivity index (χ4n) is 2.48. The summed E-state index contributed by atoms with van der Waals surface area (Å²) in [4.78, 5) is 28.5. The van der Waals surface area contributed by atoms with Crippen LogP contribution >= 0.6 is 0 Å². The number of nitrogens with zero attached hydrogens (tertiary/aromatic N) is 2. The number of carbonyl (C=O) groups is 1. The summed E-state index contributed by atoms with van der Waals surface area (Å²) in [5, 5.41) is 10.2. The van der Waals surface area contributed by atoms with Crippen molar-refractivity contribution < 1.29 is 19.1 Å². The first-order valence-corrected chi connectivity index (χ1v) is 6.92. The number of esters is 1. The maximum atomic E-state index is 12.7. The van der Waals surface area contributed by atoms with Crippen LogP contribution in [-0.2, 0) is 9.53 Å². The summed E-state index contributed by atoms with van der Waals surface area (Å²) in [7, 11) is 1.26. The van der Waals surface area contributed by atoms with Gasteiger partial charge < -0.3 is 14.3 Å². The largest absolute Gasteiger partial charge is 0.493 e. The lowest BCUT2D eigenvalue weighted by Gasteiger charge is -2.15. The standard InChI is InChI=1S/C16H14N2O5/c1-22-13(19)9-10(11-5-4-8-23-11)14-15(20)17-12-6-2-3-7-18(12)16(14)21/h2-8,10,20H,9H2,1H3/t10-/m1/s1. The van der Waals surface area contributed by atoms with Gasteiger partial charge in [0.1, 0.15) is 11.4 Å². The molecule has 3 aromatic rings. The van der Waals surface area contributed by atoms with Crippen molar-refractivity contribution in [2.45, 2.75) is 12.3 Å². The Morgan fingerprint density at radius 2 is 2.22 bits per heavy atom. The van der Waals surface area contributed by atoms with Crippen molar-refractivity contribution in [2.75, 3.05) is 7.11 Å². The van der Waals surface area contributed by atoms with Gasteiger partial charge in [-0.05, 0) is 24.3 Å². The zero-order valence-electron chi connectivity index (χ0n) is 12.3. The maximum Gasteiger partial charge on any atom is 0.306 e. The number of rotatable bonds is 4. The van der Waals surface area contributed by atoms with Gasteiger partial charge in [-0.2, -0.15) is 4.98 Å². The van der Waals surface area contributed by atoms with Crippen LogP contribution in [0.4, 0.5) is 0 Å². The number of fused-ring (bicyclic) bond motifs is 1. The summed E-state index contributed by atoms with van der Waals surface area (Å²) < 4.78 is 11.3. The molecule has 0 saturated heterocycles. The molecule has 0 fully saturated rings. The Kier molecular flexibility index (Phi) is 3.84. The second-order valence-electron chi connectivity index (χ2n) is 4.93. The fourth-order valence-corrected chi connectivity index (χ4v) is 2.48. The Bertz CT molecular complexity index is 898. The van der Waals surface area contributed by atoms with Gasteiger partial charge in [-0.15, -0.1) is 0 Å². The number of ether oxygens (including phenoxy) is 1. The van der Waals surface area contributed by atoms with Crippen molar-refractivity contribution in [3.8, 4) is 5.88 Å². The zero-order valence-corrected chi connectivity index (χ0v) is 12.3. The molecule has 0 aliphatic heterocycles. The molecule has 0 radical (unpaired) electrons. The van der Waals surface area contributed by atoms with Crippen LogP contribution < -0.4 is 5.56 Å². The quantitative estimate of drug-likeness (QED) is 0.736. The minimum absolute atomic E-state index is 0.00551. The SMILES string of the molecule is COC(=O)C[C@H](c1ccco1)c1c(O)nc2ccccn2c1=O. The Balaban J connectivity index is 2.21. The normalized spacial score (nSPS) is 12.2. The van der Waals surface area contributed by atoms with Gasteiger partial charge in [0.2, 0.25) is 5.88 Å². The average Bonchev–Trinajstić information content (AvgIpc) is 3.08. The van der Waals surface area contributed by atoms with Gasteiger partial charge in [-0.3, -0.25) is 14.0 Å². The minimum Gasteiger partial charge on any atom is -0.493 e. The summed E-state index contributed by atoms with van der Waals surface area (Å²) >= 11 is 0. The minimum atomic E-state index is -0.783. The van der Waals surface area contributed by atoms with Gasteiger partial charge in [0.15, 0.2) is 0 Å². The van der Waals surface area contributed by atoms with Crippen molar-refractivity contribution in [1.82, 2.24) is 9.38 Å². The molecule has 3 rings (SSSR count). The highest BCUT2D eigenvalue weighted by molar-refractivity contribution is 5.71. The number of methoxy groups -OCH3 is 1. The van der Waals surface area contributed by atoms with E-state index >= 15 is 0 Å². The van der Waals surface area contributed by atoms with E-state index in [1.54, 1.807) is 36.5 Å². The number of carbonyl (C=O) groups excluding carboxylic acids is 1. The first-order chi connectivity index (χ1) is 11.1. The maximum absolute atomic E-state index is 12.7. The number of furan rings is 1. The third kappa shape index (κ3) is 2.68. The zero-order chi connectivity index (χ0) is 16.4. The first kappa shape index (κ1) is 14.8. The lowest BCUT2D eigenvalue weighted by molar-refractivity contribution is -0.140. The molecule has 0 unspecified atom stereocenters. The highest BCUT2D eigenvalue weighted by atomic mass is 16.5. The number of hydrogen-bond donors (Lipinski definition) is 1. The second kappa shape index (κ2) is 5.96. The van der Waals surface area contributed by atoms with E-state index in [1.165, 1.54) is 17.8 Å². The molecule has 7 nitrogen and oxygen atoms in total. The van der Waals surface area contributed by atoms with Crippen molar-refractivity contribution in [3.63, 3.8) is 0 Å². The van der Waals surface area contributed by atoms with Gasteiger partial charge in [0.05, 0.1) is 31.3 Å². The molecule has 0 aliphatic carbocycles. The molecule has 0 aromatic carbocycles. The van der Waals surface area contributed by atoms with Crippen molar-refractivity contribution >= 4 is 11.6 Å². The van der Waals surface area contributed by atoms with Crippen molar-refractivity contribution in [3.05, 3.63) is 64.5 Å². The summed E-state index contributed by atoms with van der Waals surface area (Å²) in [6.07, 6.45) is 2.83. The van der Waals surface area contributed by atoms with Crippen LogP contribution in [0.2, 0.25) is 0 Å². The molecule has 0 aliphatic rings. The first-order valence-electron chi connectivity index (χ1n) is 6.92. The fraction of sp³-hybridized carbons (Fsp3) is 0.188. The Morgan fingerprint density at radius 3 is 2.91 bits per heavy atom. The molecule has 23 heavy (non-hydrogen) atoms. The third-order valence-electron chi connectivity index (χ3n) is 3.58.